The third kappa shape index (κ3) is 6.07. The van der Waals surface area contributed by atoms with Crippen LogP contribution in [-0.4, -0.2) is 20.1 Å². The fourth-order valence-electron chi connectivity index (χ4n) is 2.44. The first kappa shape index (κ1) is 24.4. The van der Waals surface area contributed by atoms with Crippen molar-refractivity contribution in [2.45, 2.75) is 12.4 Å². The quantitative estimate of drug-likeness (QED) is 0.353. The van der Waals surface area contributed by atoms with Gasteiger partial charge in [0.05, 0.1) is 31.0 Å². The van der Waals surface area contributed by atoms with Gasteiger partial charge in [0.25, 0.3) is 5.91 Å². The lowest BCUT2D eigenvalue weighted by Crippen LogP contribution is -2.15. The molecule has 2 N–H and O–H groups in total. The van der Waals surface area contributed by atoms with E-state index < -0.39 is 40.6 Å². The molecule has 32 heavy (non-hydrogen) atoms. The molecule has 2 aromatic rings. The number of carbonyl (C=O) groups is 1. The Morgan fingerprint density at radius 1 is 0.969 bits per heavy atom. The zero-order valence-electron chi connectivity index (χ0n) is 16.5. The summed E-state index contributed by atoms with van der Waals surface area (Å²) in [5, 5.41) is 13.7. The van der Waals surface area contributed by atoms with Crippen molar-refractivity contribution < 1.29 is 40.6 Å². The number of hydrogen-bond donors (Lipinski definition) is 2. The molecule has 0 aliphatic rings. The Labute approximate surface area is 178 Å². The Hall–Kier alpha value is -3.88. The van der Waals surface area contributed by atoms with Crippen molar-refractivity contribution in [3.63, 3.8) is 0 Å². The van der Waals surface area contributed by atoms with E-state index in [0.717, 1.165) is 0 Å². The molecular weight excluding hydrogens is 444 g/mol. The standard InChI is InChI=1S/C20H15F6N3O3/c1-31-15-3-4-17(32-2)16(8-15)29-18(30)11(9-27)10-28-14-6-12(19(21,22)23)5-13(7-14)20(24,25)26/h3-8,10,28H,1-2H3,(H,29,30)/b11-10-. The van der Waals surface area contributed by atoms with Crippen LogP contribution in [0, 0.1) is 11.3 Å². The molecular formula is C20H15F6N3O3. The number of methoxy groups -OCH3 is 2. The maximum absolute atomic E-state index is 13.0. The van der Waals surface area contributed by atoms with Crippen molar-refractivity contribution in [2.75, 3.05) is 24.9 Å². The van der Waals surface area contributed by atoms with Crippen LogP contribution in [0.4, 0.5) is 37.7 Å². The molecule has 2 aromatic carbocycles. The average molecular weight is 459 g/mol. The molecule has 1 amide bonds. The predicted octanol–water partition coefficient (Wildman–Crippen LogP) is 5.20. The van der Waals surface area contributed by atoms with Gasteiger partial charge in [0.1, 0.15) is 23.1 Å². The number of alkyl halides is 6. The van der Waals surface area contributed by atoms with Gasteiger partial charge in [0.15, 0.2) is 0 Å². The third-order valence-electron chi connectivity index (χ3n) is 3.99. The van der Waals surface area contributed by atoms with Crippen molar-refractivity contribution in [1.82, 2.24) is 0 Å². The van der Waals surface area contributed by atoms with Crippen molar-refractivity contribution in [3.05, 3.63) is 59.3 Å². The van der Waals surface area contributed by atoms with Gasteiger partial charge >= 0.3 is 12.4 Å². The lowest BCUT2D eigenvalue weighted by molar-refractivity contribution is -0.143. The number of anilines is 2. The van der Waals surface area contributed by atoms with Gasteiger partial charge in [-0.2, -0.15) is 31.6 Å². The van der Waals surface area contributed by atoms with Crippen molar-refractivity contribution >= 4 is 17.3 Å². The zero-order chi connectivity index (χ0) is 24.1. The molecule has 0 radical (unpaired) electrons. The fourth-order valence-corrected chi connectivity index (χ4v) is 2.44. The normalized spacial score (nSPS) is 12.0. The first-order valence-electron chi connectivity index (χ1n) is 8.58. The predicted molar refractivity (Wildman–Crippen MR) is 102 cm³/mol. The van der Waals surface area contributed by atoms with Crippen molar-refractivity contribution in [1.29, 1.82) is 5.26 Å². The summed E-state index contributed by atoms with van der Waals surface area (Å²) < 4.78 is 87.8. The van der Waals surface area contributed by atoms with Gasteiger partial charge in [0.2, 0.25) is 0 Å². The molecule has 0 aliphatic heterocycles. The first-order valence-corrected chi connectivity index (χ1v) is 8.58. The van der Waals surface area contributed by atoms with Crippen LogP contribution in [0.3, 0.4) is 0 Å². The third-order valence-corrected chi connectivity index (χ3v) is 3.99. The Balaban J connectivity index is 2.34. The van der Waals surface area contributed by atoms with Crippen LogP contribution in [0.25, 0.3) is 0 Å². The second-order valence-corrected chi connectivity index (χ2v) is 6.13. The molecule has 0 saturated carbocycles. The van der Waals surface area contributed by atoms with Crippen LogP contribution in [-0.2, 0) is 17.1 Å². The van der Waals surface area contributed by atoms with Gasteiger partial charge in [0, 0.05) is 18.0 Å². The molecule has 0 bridgehead atoms. The van der Waals surface area contributed by atoms with E-state index in [2.05, 4.69) is 10.6 Å². The van der Waals surface area contributed by atoms with Gasteiger partial charge in [-0.15, -0.1) is 0 Å². The highest BCUT2D eigenvalue weighted by atomic mass is 19.4. The van der Waals surface area contributed by atoms with Gasteiger partial charge in [-0.3, -0.25) is 4.79 Å². The molecule has 0 aromatic heterocycles. The molecule has 170 valence electrons. The van der Waals surface area contributed by atoms with E-state index in [4.69, 9.17) is 9.47 Å². The fraction of sp³-hybridized carbons (Fsp3) is 0.200. The van der Waals surface area contributed by atoms with Gasteiger partial charge in [-0.05, 0) is 30.3 Å². The SMILES string of the molecule is COc1ccc(OC)c(NC(=O)/C(C#N)=C\Nc2cc(C(F)(F)F)cc(C(F)(F)F)c2)c1. The van der Waals surface area contributed by atoms with Crippen LogP contribution in [0.15, 0.2) is 48.2 Å². The Kier molecular flexibility index (Phi) is 7.24. The number of hydrogen-bond acceptors (Lipinski definition) is 5. The van der Waals surface area contributed by atoms with Crippen molar-refractivity contribution in [2.24, 2.45) is 0 Å². The molecule has 6 nitrogen and oxygen atoms in total. The summed E-state index contributed by atoms with van der Waals surface area (Å²) >= 11 is 0. The number of carbonyl (C=O) groups excluding carboxylic acids is 1. The smallest absolute Gasteiger partial charge is 0.416 e. The lowest BCUT2D eigenvalue weighted by atomic mass is 10.1. The topological polar surface area (TPSA) is 83.4 Å². The highest BCUT2D eigenvalue weighted by Crippen LogP contribution is 2.37. The van der Waals surface area contributed by atoms with Gasteiger partial charge in [-0.25, -0.2) is 0 Å². The van der Waals surface area contributed by atoms with E-state index in [1.807, 2.05) is 0 Å². The maximum Gasteiger partial charge on any atom is 0.416 e. The van der Waals surface area contributed by atoms with E-state index in [1.54, 1.807) is 6.07 Å². The largest absolute Gasteiger partial charge is 0.497 e. The monoisotopic (exact) mass is 459 g/mol. The molecule has 0 spiro atoms. The minimum Gasteiger partial charge on any atom is -0.497 e. The number of benzene rings is 2. The molecule has 0 heterocycles. The lowest BCUT2D eigenvalue weighted by Gasteiger charge is -2.14. The zero-order valence-corrected chi connectivity index (χ0v) is 16.5. The summed E-state index contributed by atoms with van der Waals surface area (Å²) in [5.41, 5.74) is -4.22. The summed E-state index contributed by atoms with van der Waals surface area (Å²) in [6, 6.07) is 6.73. The summed E-state index contributed by atoms with van der Waals surface area (Å²) in [4.78, 5) is 12.4. The van der Waals surface area contributed by atoms with Crippen LogP contribution >= 0.6 is 0 Å². The first-order chi connectivity index (χ1) is 14.9. The van der Waals surface area contributed by atoms with Gasteiger partial charge < -0.3 is 20.1 Å². The van der Waals surface area contributed by atoms with Crippen LogP contribution < -0.4 is 20.1 Å². The highest BCUT2D eigenvalue weighted by Gasteiger charge is 2.36. The maximum atomic E-state index is 13.0. The number of halogens is 6. The van der Waals surface area contributed by atoms with Crippen molar-refractivity contribution in [3.8, 4) is 17.6 Å². The summed E-state index contributed by atoms with van der Waals surface area (Å²) in [6.07, 6.45) is -9.39. The molecule has 0 unspecified atom stereocenters. The summed E-state index contributed by atoms with van der Waals surface area (Å²) in [7, 11) is 2.70. The van der Waals surface area contributed by atoms with E-state index in [9.17, 15) is 36.4 Å². The molecule has 0 atom stereocenters. The van der Waals surface area contributed by atoms with Crippen LogP contribution in [0.2, 0.25) is 0 Å². The number of nitriles is 1. The molecule has 0 aliphatic carbocycles. The molecule has 2 rings (SSSR count). The van der Waals surface area contributed by atoms with Crippen LogP contribution in [0.1, 0.15) is 11.1 Å². The molecule has 12 heteroatoms. The number of nitrogens with one attached hydrogen (secondary N) is 2. The average Bonchev–Trinajstić information content (AvgIpc) is 2.72. The number of amides is 1. The Morgan fingerprint density at radius 2 is 1.56 bits per heavy atom. The van der Waals surface area contributed by atoms with E-state index >= 15 is 0 Å². The summed E-state index contributed by atoms with van der Waals surface area (Å²) in [5.74, 6) is -0.419. The molecule has 0 saturated heterocycles. The minimum absolute atomic E-state index is 0.0398. The number of nitrogens with zero attached hydrogens (tertiary/aromatic N) is 1. The second-order valence-electron chi connectivity index (χ2n) is 6.13. The minimum atomic E-state index is -5.04. The van der Waals surface area contributed by atoms with Crippen LogP contribution in [0.5, 0.6) is 11.5 Å². The Morgan fingerprint density at radius 3 is 2.03 bits per heavy atom. The van der Waals surface area contributed by atoms with Gasteiger partial charge in [-0.1, -0.05) is 0 Å². The van der Waals surface area contributed by atoms with E-state index in [-0.39, 0.29) is 17.5 Å². The number of rotatable bonds is 6. The molecule has 0 fully saturated rings. The number of ether oxygens (including phenoxy) is 2. The summed E-state index contributed by atoms with van der Waals surface area (Å²) in [6.45, 7) is 0. The highest BCUT2D eigenvalue weighted by molar-refractivity contribution is 6.07. The second kappa shape index (κ2) is 9.51. The van der Waals surface area contributed by atoms with E-state index in [1.165, 1.54) is 32.4 Å². The Bertz CT molecular complexity index is 1040. The van der Waals surface area contributed by atoms with E-state index in [0.29, 0.717) is 24.1 Å².